The molecular formula is C20H20O8. The monoisotopic (exact) mass is 388 g/mol. The fourth-order valence-electron chi connectivity index (χ4n) is 2.70. The molecule has 2 aromatic carbocycles. The number of hydrogen-bond acceptors (Lipinski definition) is 8. The Bertz CT molecular complexity index is 1040. The van der Waals surface area contributed by atoms with Gasteiger partial charge in [0.05, 0.1) is 20.8 Å². The molecule has 0 radical (unpaired) electrons. The summed E-state index contributed by atoms with van der Waals surface area (Å²) < 4.78 is 21.6. The van der Waals surface area contributed by atoms with Gasteiger partial charge < -0.3 is 33.9 Å². The highest BCUT2D eigenvalue weighted by molar-refractivity contribution is 5.86. The summed E-state index contributed by atoms with van der Waals surface area (Å²) in [5.41, 5.74) is 0.273. The molecule has 0 aliphatic heterocycles. The summed E-state index contributed by atoms with van der Waals surface area (Å²) in [6.45, 7) is -0.640. The molecule has 148 valence electrons. The highest BCUT2D eigenvalue weighted by Gasteiger charge is 2.15. The molecule has 0 amide bonds. The van der Waals surface area contributed by atoms with Gasteiger partial charge in [-0.1, -0.05) is 0 Å². The normalized spacial score (nSPS) is 12.0. The van der Waals surface area contributed by atoms with Crippen LogP contribution < -0.4 is 19.6 Å². The number of aliphatic hydroxyl groups is 2. The van der Waals surface area contributed by atoms with Crippen LogP contribution in [0.3, 0.4) is 0 Å². The van der Waals surface area contributed by atoms with Crippen LogP contribution in [0.4, 0.5) is 0 Å². The van der Waals surface area contributed by atoms with E-state index in [1.807, 2.05) is 0 Å². The van der Waals surface area contributed by atoms with Crippen LogP contribution in [0.5, 0.6) is 23.0 Å². The second-order valence-electron chi connectivity index (χ2n) is 6.01. The van der Waals surface area contributed by atoms with Gasteiger partial charge in [0.2, 0.25) is 0 Å². The topological polar surface area (TPSA) is 119 Å². The van der Waals surface area contributed by atoms with E-state index in [0.717, 1.165) is 0 Å². The number of aliphatic hydroxyl groups excluding tert-OH is 2. The number of rotatable bonds is 7. The van der Waals surface area contributed by atoms with E-state index in [0.29, 0.717) is 17.1 Å². The van der Waals surface area contributed by atoms with Crippen LogP contribution in [0, 0.1) is 0 Å². The number of ether oxygens (including phenoxy) is 3. The van der Waals surface area contributed by atoms with Crippen LogP contribution >= 0.6 is 0 Å². The number of fused-ring (bicyclic) bond motifs is 1. The lowest BCUT2D eigenvalue weighted by Crippen LogP contribution is -2.21. The summed E-state index contributed by atoms with van der Waals surface area (Å²) in [7, 11) is 3.02. The molecule has 8 heteroatoms. The van der Waals surface area contributed by atoms with Gasteiger partial charge in [0.15, 0.2) is 16.9 Å². The van der Waals surface area contributed by atoms with E-state index < -0.39 is 18.1 Å². The maximum Gasteiger partial charge on any atom is 0.197 e. The van der Waals surface area contributed by atoms with Crippen molar-refractivity contribution in [2.45, 2.75) is 6.10 Å². The van der Waals surface area contributed by atoms with Crippen molar-refractivity contribution in [2.75, 3.05) is 27.4 Å². The van der Waals surface area contributed by atoms with Crippen LogP contribution in [0.1, 0.15) is 0 Å². The van der Waals surface area contributed by atoms with Gasteiger partial charge in [-0.05, 0) is 18.2 Å². The lowest BCUT2D eigenvalue weighted by molar-refractivity contribution is 0.0535. The van der Waals surface area contributed by atoms with E-state index >= 15 is 0 Å². The molecule has 0 spiro atoms. The molecule has 0 bridgehead atoms. The average Bonchev–Trinajstić information content (AvgIpc) is 2.70. The predicted molar refractivity (Wildman–Crippen MR) is 101 cm³/mol. The molecule has 0 saturated carbocycles. The molecule has 3 aromatic rings. The minimum Gasteiger partial charge on any atom is -0.507 e. The van der Waals surface area contributed by atoms with E-state index in [1.165, 1.54) is 32.4 Å². The van der Waals surface area contributed by atoms with E-state index in [-0.39, 0.29) is 34.8 Å². The zero-order valence-corrected chi connectivity index (χ0v) is 15.3. The zero-order chi connectivity index (χ0) is 20.3. The van der Waals surface area contributed by atoms with Gasteiger partial charge in [-0.15, -0.1) is 0 Å². The van der Waals surface area contributed by atoms with Crippen molar-refractivity contribution in [3.8, 4) is 34.3 Å². The number of benzene rings is 2. The van der Waals surface area contributed by atoms with Crippen molar-refractivity contribution in [3.05, 3.63) is 46.6 Å². The average molecular weight is 388 g/mol. The summed E-state index contributed by atoms with van der Waals surface area (Å²) >= 11 is 0. The summed E-state index contributed by atoms with van der Waals surface area (Å²) in [4.78, 5) is 12.5. The summed E-state index contributed by atoms with van der Waals surface area (Å²) in [5.74, 6) is 1.15. The Morgan fingerprint density at radius 3 is 2.50 bits per heavy atom. The third-order valence-corrected chi connectivity index (χ3v) is 4.10. The fraction of sp³-hybridized carbons (Fsp3) is 0.250. The fourth-order valence-corrected chi connectivity index (χ4v) is 2.70. The van der Waals surface area contributed by atoms with Crippen LogP contribution in [-0.2, 0) is 0 Å². The maximum atomic E-state index is 12.5. The molecule has 28 heavy (non-hydrogen) atoms. The smallest absolute Gasteiger partial charge is 0.197 e. The first-order valence-corrected chi connectivity index (χ1v) is 8.41. The van der Waals surface area contributed by atoms with Crippen molar-refractivity contribution < 1.29 is 33.9 Å². The third-order valence-electron chi connectivity index (χ3n) is 4.10. The lowest BCUT2D eigenvalue weighted by Gasteiger charge is -2.12. The van der Waals surface area contributed by atoms with E-state index in [4.69, 9.17) is 23.7 Å². The van der Waals surface area contributed by atoms with Crippen LogP contribution in [0.2, 0.25) is 0 Å². The molecule has 1 heterocycles. The minimum atomic E-state index is -1.07. The molecule has 8 nitrogen and oxygen atoms in total. The van der Waals surface area contributed by atoms with Crippen molar-refractivity contribution >= 4 is 11.0 Å². The Morgan fingerprint density at radius 1 is 1.07 bits per heavy atom. The number of phenolic OH excluding ortho intramolecular Hbond substituents is 1. The lowest BCUT2D eigenvalue weighted by atomic mass is 10.1. The Kier molecular flexibility index (Phi) is 5.72. The SMILES string of the molecule is COc1ccc(-c2cc(=O)c3c(O)cc(OCC(O)CO)cc3o2)cc1OC. The molecular weight excluding hydrogens is 368 g/mol. The van der Waals surface area contributed by atoms with Gasteiger partial charge in [-0.3, -0.25) is 4.79 Å². The van der Waals surface area contributed by atoms with Crippen LogP contribution in [-0.4, -0.2) is 48.9 Å². The third kappa shape index (κ3) is 3.88. The summed E-state index contributed by atoms with van der Waals surface area (Å²) in [6, 6.07) is 9.03. The van der Waals surface area contributed by atoms with Gasteiger partial charge in [0, 0.05) is 23.8 Å². The quantitative estimate of drug-likeness (QED) is 0.562. The Hall–Kier alpha value is -3.23. The summed E-state index contributed by atoms with van der Waals surface area (Å²) in [5, 5.41) is 28.4. The Morgan fingerprint density at radius 2 is 1.82 bits per heavy atom. The van der Waals surface area contributed by atoms with Crippen LogP contribution in [0.25, 0.3) is 22.3 Å². The summed E-state index contributed by atoms with van der Waals surface area (Å²) in [6.07, 6.45) is -1.07. The minimum absolute atomic E-state index is 0.0132. The van der Waals surface area contributed by atoms with Gasteiger partial charge in [0.1, 0.15) is 40.9 Å². The zero-order valence-electron chi connectivity index (χ0n) is 15.3. The van der Waals surface area contributed by atoms with Gasteiger partial charge >= 0.3 is 0 Å². The van der Waals surface area contributed by atoms with Crippen molar-refractivity contribution in [1.29, 1.82) is 0 Å². The standard InChI is InChI=1S/C20H20O8/c1-25-16-4-3-11(5-18(16)26-2)17-8-15(24)20-14(23)6-13(7-19(20)28-17)27-10-12(22)9-21/h3-8,12,21-23H,9-10H2,1-2H3. The van der Waals surface area contributed by atoms with Gasteiger partial charge in [-0.25, -0.2) is 0 Å². The molecule has 0 aliphatic carbocycles. The highest BCUT2D eigenvalue weighted by Crippen LogP contribution is 2.34. The van der Waals surface area contributed by atoms with Gasteiger partial charge in [-0.2, -0.15) is 0 Å². The van der Waals surface area contributed by atoms with Gasteiger partial charge in [0.25, 0.3) is 0 Å². The Labute approximate surface area is 160 Å². The van der Waals surface area contributed by atoms with E-state index in [2.05, 4.69) is 0 Å². The molecule has 0 saturated heterocycles. The molecule has 1 aromatic heterocycles. The van der Waals surface area contributed by atoms with Crippen molar-refractivity contribution in [2.24, 2.45) is 0 Å². The van der Waals surface area contributed by atoms with Crippen molar-refractivity contribution in [3.63, 3.8) is 0 Å². The maximum absolute atomic E-state index is 12.5. The van der Waals surface area contributed by atoms with E-state index in [1.54, 1.807) is 18.2 Å². The molecule has 1 unspecified atom stereocenters. The Balaban J connectivity index is 2.07. The highest BCUT2D eigenvalue weighted by atomic mass is 16.5. The molecule has 0 fully saturated rings. The first kappa shape index (κ1) is 19.5. The largest absolute Gasteiger partial charge is 0.507 e. The van der Waals surface area contributed by atoms with Crippen LogP contribution in [0.15, 0.2) is 45.6 Å². The number of hydrogen-bond donors (Lipinski definition) is 3. The first-order chi connectivity index (χ1) is 13.5. The molecule has 0 aliphatic rings. The predicted octanol–water partition coefficient (Wildman–Crippen LogP) is 1.91. The second-order valence-corrected chi connectivity index (χ2v) is 6.01. The van der Waals surface area contributed by atoms with Crippen molar-refractivity contribution in [1.82, 2.24) is 0 Å². The number of methoxy groups -OCH3 is 2. The first-order valence-electron chi connectivity index (χ1n) is 8.41. The number of aromatic hydroxyl groups is 1. The number of phenols is 1. The molecule has 3 N–H and O–H groups in total. The second kappa shape index (κ2) is 8.20. The molecule has 1 atom stereocenters. The molecule has 3 rings (SSSR count). The van der Waals surface area contributed by atoms with E-state index in [9.17, 15) is 15.0 Å².